The molecule has 0 amide bonds. The summed E-state index contributed by atoms with van der Waals surface area (Å²) in [6.45, 7) is 0.570. The van der Waals surface area contributed by atoms with Gasteiger partial charge in [-0.2, -0.15) is 0 Å². The van der Waals surface area contributed by atoms with Crippen molar-refractivity contribution >= 4 is 39.3 Å². The number of hydrogen-bond donors (Lipinski definition) is 2. The smallest absolute Gasteiger partial charge is 0.358 e. The number of rotatable bonds is 5. The van der Waals surface area contributed by atoms with Gasteiger partial charge in [-0.3, -0.25) is 4.68 Å². The Kier molecular flexibility index (Phi) is 4.43. The summed E-state index contributed by atoms with van der Waals surface area (Å²) >= 11 is 4.94. The molecule has 8 heteroatoms. The normalized spacial score (nSPS) is 10.6. The van der Waals surface area contributed by atoms with Crippen LogP contribution in [0.5, 0.6) is 0 Å². The number of benzene rings is 1. The Hall–Kier alpha value is -1.54. The molecule has 0 aliphatic rings. The molecule has 0 aliphatic carbocycles. The molecule has 100 valence electrons. The predicted molar refractivity (Wildman–Crippen MR) is 76.3 cm³/mol. The number of carboxylic acid groups (broad SMARTS) is 1. The summed E-state index contributed by atoms with van der Waals surface area (Å²) in [6.07, 6.45) is 1.41. The molecule has 0 fully saturated rings. The highest BCUT2D eigenvalue weighted by atomic mass is 79.9. The Morgan fingerprint density at radius 1 is 1.53 bits per heavy atom. The summed E-state index contributed by atoms with van der Waals surface area (Å²) in [5, 5.41) is 16.0. The van der Waals surface area contributed by atoms with Crippen LogP contribution in [0.1, 0.15) is 10.5 Å². The molecule has 0 atom stereocenters. The van der Waals surface area contributed by atoms with Gasteiger partial charge in [0.2, 0.25) is 0 Å². The molecule has 3 N–H and O–H groups in total. The van der Waals surface area contributed by atoms with E-state index in [1.807, 2.05) is 18.2 Å². The quantitative estimate of drug-likeness (QED) is 0.638. The van der Waals surface area contributed by atoms with Crippen LogP contribution in [0.2, 0.25) is 0 Å². The van der Waals surface area contributed by atoms with Crippen molar-refractivity contribution in [3.05, 3.63) is 34.6 Å². The maximum atomic E-state index is 10.6. The fourth-order valence-electron chi connectivity index (χ4n) is 1.41. The lowest BCUT2D eigenvalue weighted by Crippen LogP contribution is -2.01. The first-order valence-electron chi connectivity index (χ1n) is 5.37. The molecule has 1 aromatic carbocycles. The second-order valence-corrected chi connectivity index (χ2v) is 5.76. The number of aromatic nitrogens is 3. The number of hydrogen-bond acceptors (Lipinski definition) is 5. The van der Waals surface area contributed by atoms with E-state index in [-0.39, 0.29) is 5.69 Å². The van der Waals surface area contributed by atoms with Crippen LogP contribution in [0.25, 0.3) is 0 Å². The lowest BCUT2D eigenvalue weighted by atomic mass is 10.3. The summed E-state index contributed by atoms with van der Waals surface area (Å²) < 4.78 is 2.45. The molecule has 2 aromatic rings. The molecule has 1 aromatic heterocycles. The second kappa shape index (κ2) is 6.07. The highest BCUT2D eigenvalue weighted by molar-refractivity contribution is 9.10. The number of carboxylic acids is 1. The molecule has 0 radical (unpaired) electrons. The van der Waals surface area contributed by atoms with Crippen LogP contribution in [0, 0.1) is 0 Å². The molecule has 0 bridgehead atoms. The van der Waals surface area contributed by atoms with Crippen molar-refractivity contribution in [2.75, 3.05) is 11.5 Å². The number of nitrogens with two attached hydrogens (primary N) is 1. The first-order valence-corrected chi connectivity index (χ1v) is 7.15. The third-order valence-corrected chi connectivity index (χ3v) is 3.87. The average molecular weight is 343 g/mol. The Balaban J connectivity index is 1.90. The van der Waals surface area contributed by atoms with Crippen molar-refractivity contribution in [2.24, 2.45) is 0 Å². The average Bonchev–Trinajstić information content (AvgIpc) is 2.81. The van der Waals surface area contributed by atoms with Crippen LogP contribution in [0.3, 0.4) is 0 Å². The SMILES string of the molecule is Nc1cc(Br)ccc1SCCn1cc(C(=O)O)nn1. The Morgan fingerprint density at radius 3 is 2.95 bits per heavy atom. The Bertz CT molecular complexity index is 602. The molecular formula is C11H11BrN4O2S. The van der Waals surface area contributed by atoms with Crippen molar-refractivity contribution in [1.29, 1.82) is 0 Å². The lowest BCUT2D eigenvalue weighted by molar-refractivity contribution is 0.0690. The van der Waals surface area contributed by atoms with Crippen LogP contribution in [-0.2, 0) is 6.54 Å². The zero-order chi connectivity index (χ0) is 13.8. The minimum absolute atomic E-state index is 0.0480. The minimum atomic E-state index is -1.07. The fourth-order valence-corrected chi connectivity index (χ4v) is 2.67. The van der Waals surface area contributed by atoms with Gasteiger partial charge in [-0.1, -0.05) is 21.1 Å². The number of anilines is 1. The van der Waals surface area contributed by atoms with E-state index in [0.717, 1.165) is 15.1 Å². The molecule has 0 spiro atoms. The van der Waals surface area contributed by atoms with Gasteiger partial charge in [0.25, 0.3) is 0 Å². The second-order valence-electron chi connectivity index (χ2n) is 3.70. The van der Waals surface area contributed by atoms with E-state index in [1.54, 1.807) is 11.8 Å². The van der Waals surface area contributed by atoms with Crippen molar-refractivity contribution in [2.45, 2.75) is 11.4 Å². The van der Waals surface area contributed by atoms with Crippen LogP contribution in [-0.4, -0.2) is 31.8 Å². The number of carbonyl (C=O) groups is 1. The number of halogens is 1. The molecule has 0 unspecified atom stereocenters. The van der Waals surface area contributed by atoms with Crippen molar-refractivity contribution in [1.82, 2.24) is 15.0 Å². The van der Waals surface area contributed by atoms with Crippen LogP contribution in [0.4, 0.5) is 5.69 Å². The molecule has 0 saturated heterocycles. The van der Waals surface area contributed by atoms with E-state index in [2.05, 4.69) is 26.2 Å². The zero-order valence-electron chi connectivity index (χ0n) is 9.78. The van der Waals surface area contributed by atoms with Gasteiger partial charge in [-0.15, -0.1) is 16.9 Å². The summed E-state index contributed by atoms with van der Waals surface area (Å²) in [5.41, 5.74) is 6.55. The van der Waals surface area contributed by atoms with Crippen LogP contribution >= 0.6 is 27.7 Å². The number of thioether (sulfide) groups is 1. The summed E-state index contributed by atoms with van der Waals surface area (Å²) in [7, 11) is 0. The molecule has 0 aliphatic heterocycles. The molecule has 2 rings (SSSR count). The van der Waals surface area contributed by atoms with Crippen LogP contribution in [0.15, 0.2) is 33.8 Å². The van der Waals surface area contributed by atoms with E-state index in [4.69, 9.17) is 10.8 Å². The van der Waals surface area contributed by atoms with Gasteiger partial charge >= 0.3 is 5.97 Å². The number of nitrogens with zero attached hydrogens (tertiary/aromatic N) is 3. The van der Waals surface area contributed by atoms with Gasteiger partial charge in [0.1, 0.15) is 0 Å². The topological polar surface area (TPSA) is 94.0 Å². The number of aryl methyl sites for hydroxylation is 1. The van der Waals surface area contributed by atoms with Crippen LogP contribution < -0.4 is 5.73 Å². The first-order chi connectivity index (χ1) is 9.06. The van der Waals surface area contributed by atoms with Gasteiger partial charge in [-0.25, -0.2) is 4.79 Å². The number of nitrogen functional groups attached to an aromatic ring is 1. The number of aromatic carboxylic acids is 1. The molecule has 6 nitrogen and oxygen atoms in total. The van der Waals surface area contributed by atoms with Crippen molar-refractivity contribution in [3.63, 3.8) is 0 Å². The summed E-state index contributed by atoms with van der Waals surface area (Å²) in [5.74, 6) is -0.343. The molecule has 0 saturated carbocycles. The van der Waals surface area contributed by atoms with Gasteiger partial charge in [-0.05, 0) is 18.2 Å². The molecular weight excluding hydrogens is 332 g/mol. The predicted octanol–water partition coefficient (Wildman–Crippen LogP) is 2.11. The van der Waals surface area contributed by atoms with Gasteiger partial charge in [0.05, 0.1) is 12.7 Å². The third-order valence-electron chi connectivity index (χ3n) is 2.31. The van der Waals surface area contributed by atoms with E-state index >= 15 is 0 Å². The van der Waals surface area contributed by atoms with Gasteiger partial charge < -0.3 is 10.8 Å². The maximum Gasteiger partial charge on any atom is 0.358 e. The first kappa shape index (κ1) is 13.9. The van der Waals surface area contributed by atoms with Crippen molar-refractivity contribution < 1.29 is 9.90 Å². The highest BCUT2D eigenvalue weighted by Crippen LogP contribution is 2.27. The third kappa shape index (κ3) is 3.71. The summed E-state index contributed by atoms with van der Waals surface area (Å²) in [4.78, 5) is 11.6. The molecule has 19 heavy (non-hydrogen) atoms. The Morgan fingerprint density at radius 2 is 2.32 bits per heavy atom. The monoisotopic (exact) mass is 342 g/mol. The van der Waals surface area contributed by atoms with Gasteiger partial charge in [0, 0.05) is 20.8 Å². The van der Waals surface area contributed by atoms with E-state index in [9.17, 15) is 4.79 Å². The lowest BCUT2D eigenvalue weighted by Gasteiger charge is -2.05. The summed E-state index contributed by atoms with van der Waals surface area (Å²) in [6, 6.07) is 5.71. The van der Waals surface area contributed by atoms with Gasteiger partial charge in [0.15, 0.2) is 5.69 Å². The minimum Gasteiger partial charge on any atom is -0.476 e. The van der Waals surface area contributed by atoms with E-state index < -0.39 is 5.97 Å². The largest absolute Gasteiger partial charge is 0.476 e. The highest BCUT2D eigenvalue weighted by Gasteiger charge is 2.08. The fraction of sp³-hybridized carbons (Fsp3) is 0.182. The molecule has 1 heterocycles. The maximum absolute atomic E-state index is 10.6. The van der Waals surface area contributed by atoms with Crippen molar-refractivity contribution in [3.8, 4) is 0 Å². The Labute approximate surface area is 122 Å². The van der Waals surface area contributed by atoms with E-state index in [0.29, 0.717) is 12.2 Å². The van der Waals surface area contributed by atoms with E-state index in [1.165, 1.54) is 10.9 Å². The zero-order valence-corrected chi connectivity index (χ0v) is 12.2. The standard InChI is InChI=1S/C11H11BrN4O2S/c12-7-1-2-10(8(13)5-7)19-4-3-16-6-9(11(17)18)14-15-16/h1-2,5-6H,3-4,13H2,(H,17,18).